The van der Waals surface area contributed by atoms with E-state index in [2.05, 4.69) is 56.4 Å². The zero-order chi connectivity index (χ0) is 24.4. The predicted octanol–water partition coefficient (Wildman–Crippen LogP) is 7.54. The smallest absolute Gasteiger partial charge is 0.138 e. The molecule has 4 aromatic rings. The number of halogens is 1. The van der Waals surface area contributed by atoms with Crippen molar-refractivity contribution in [3.8, 4) is 28.0 Å². The van der Waals surface area contributed by atoms with E-state index in [0.29, 0.717) is 12.6 Å². The molecule has 0 spiro atoms. The Morgan fingerprint density at radius 3 is 2.40 bits per heavy atom. The van der Waals surface area contributed by atoms with Gasteiger partial charge in [-0.05, 0) is 93.1 Å². The summed E-state index contributed by atoms with van der Waals surface area (Å²) in [6, 6.07) is 18.0. The average molecular weight is 469 g/mol. The number of ether oxygens (including phenoxy) is 1. The maximum Gasteiger partial charge on any atom is 0.138 e. The van der Waals surface area contributed by atoms with E-state index in [1.807, 2.05) is 18.3 Å². The van der Waals surface area contributed by atoms with Crippen LogP contribution >= 0.6 is 0 Å². The van der Waals surface area contributed by atoms with Gasteiger partial charge in [0.2, 0.25) is 0 Å². The van der Waals surface area contributed by atoms with Gasteiger partial charge in [0.1, 0.15) is 11.6 Å². The van der Waals surface area contributed by atoms with Gasteiger partial charge in [-0.15, -0.1) is 0 Å². The molecule has 5 rings (SSSR count). The van der Waals surface area contributed by atoms with Crippen LogP contribution < -0.4 is 10.1 Å². The van der Waals surface area contributed by atoms with Crippen molar-refractivity contribution in [2.24, 2.45) is 0 Å². The summed E-state index contributed by atoms with van der Waals surface area (Å²) in [6.07, 6.45) is 6.67. The second kappa shape index (κ2) is 10.2. The minimum absolute atomic E-state index is 0.230. The summed E-state index contributed by atoms with van der Waals surface area (Å²) in [4.78, 5) is 4.83. The Morgan fingerprint density at radius 1 is 0.914 bits per heavy atom. The van der Waals surface area contributed by atoms with Crippen molar-refractivity contribution in [2.45, 2.75) is 52.5 Å². The summed E-state index contributed by atoms with van der Waals surface area (Å²) in [7, 11) is 0. The highest BCUT2D eigenvalue weighted by Crippen LogP contribution is 2.39. The van der Waals surface area contributed by atoms with Crippen LogP contribution in [-0.4, -0.2) is 24.2 Å². The molecule has 0 amide bonds. The molecule has 3 aromatic carbocycles. The molecule has 1 atom stereocenters. The second-order valence-electron chi connectivity index (χ2n) is 9.85. The lowest BCUT2D eigenvalue weighted by molar-refractivity contribution is 0.271. The largest absolute Gasteiger partial charge is 0.492 e. The number of aromatic nitrogens is 1. The molecule has 0 bridgehead atoms. The van der Waals surface area contributed by atoms with Crippen molar-refractivity contribution in [3.05, 3.63) is 83.3 Å². The molecular weight excluding hydrogens is 435 g/mol. The van der Waals surface area contributed by atoms with Gasteiger partial charge in [-0.2, -0.15) is 0 Å². The Balaban J connectivity index is 1.60. The van der Waals surface area contributed by atoms with E-state index in [1.54, 1.807) is 0 Å². The van der Waals surface area contributed by atoms with Gasteiger partial charge in [0, 0.05) is 23.2 Å². The fourth-order valence-corrected chi connectivity index (χ4v) is 5.22. The van der Waals surface area contributed by atoms with Gasteiger partial charge in [-0.1, -0.05) is 47.9 Å². The number of nitrogens with one attached hydrogen (secondary N) is 1. The number of nitrogens with zero attached hydrogens (tertiary/aromatic N) is 1. The van der Waals surface area contributed by atoms with E-state index in [-0.39, 0.29) is 5.82 Å². The van der Waals surface area contributed by atoms with Gasteiger partial charge in [0.25, 0.3) is 0 Å². The van der Waals surface area contributed by atoms with Crippen molar-refractivity contribution in [1.82, 2.24) is 10.3 Å². The number of rotatable bonds is 6. The van der Waals surface area contributed by atoms with Crippen LogP contribution in [0.5, 0.6) is 5.75 Å². The number of hydrogen-bond acceptors (Lipinski definition) is 3. The van der Waals surface area contributed by atoms with E-state index < -0.39 is 0 Å². The summed E-state index contributed by atoms with van der Waals surface area (Å²) in [5.41, 5.74) is 8.62. The fraction of sp³-hybridized carbons (Fsp3) is 0.323. The van der Waals surface area contributed by atoms with Crippen molar-refractivity contribution < 1.29 is 9.13 Å². The van der Waals surface area contributed by atoms with Crippen LogP contribution in [0.2, 0.25) is 0 Å². The summed E-state index contributed by atoms with van der Waals surface area (Å²) in [6.45, 7) is 8.06. The van der Waals surface area contributed by atoms with Crippen LogP contribution in [0.4, 0.5) is 4.39 Å². The summed E-state index contributed by atoms with van der Waals surface area (Å²) in [5.74, 6) is 0.644. The molecule has 1 aliphatic heterocycles. The molecule has 4 heteroatoms. The van der Waals surface area contributed by atoms with Crippen LogP contribution in [0.1, 0.15) is 42.4 Å². The van der Waals surface area contributed by atoms with Gasteiger partial charge < -0.3 is 10.1 Å². The van der Waals surface area contributed by atoms with Gasteiger partial charge in [0.05, 0.1) is 12.1 Å². The fourth-order valence-electron chi connectivity index (χ4n) is 5.22. The second-order valence-corrected chi connectivity index (χ2v) is 9.85. The third-order valence-electron chi connectivity index (χ3n) is 6.98. The van der Waals surface area contributed by atoms with Crippen LogP contribution in [-0.2, 0) is 0 Å². The van der Waals surface area contributed by atoms with Crippen molar-refractivity contribution >= 4 is 10.9 Å². The first kappa shape index (κ1) is 23.5. The Kier molecular flexibility index (Phi) is 6.83. The number of hydrogen-bond donors (Lipinski definition) is 1. The topological polar surface area (TPSA) is 34.1 Å². The predicted molar refractivity (Wildman–Crippen MR) is 143 cm³/mol. The quantitative estimate of drug-likeness (QED) is 0.317. The molecule has 180 valence electrons. The number of fused-ring (bicyclic) bond motifs is 1. The summed E-state index contributed by atoms with van der Waals surface area (Å²) in [5, 5.41) is 4.61. The third kappa shape index (κ3) is 5.23. The molecule has 1 unspecified atom stereocenters. The maximum absolute atomic E-state index is 13.6. The van der Waals surface area contributed by atoms with Gasteiger partial charge >= 0.3 is 0 Å². The van der Waals surface area contributed by atoms with Gasteiger partial charge in [0.15, 0.2) is 0 Å². The van der Waals surface area contributed by atoms with E-state index in [4.69, 9.17) is 9.72 Å². The molecule has 0 aliphatic carbocycles. The van der Waals surface area contributed by atoms with Crippen LogP contribution in [0.25, 0.3) is 33.2 Å². The molecular formula is C31H33FN2O. The lowest BCUT2D eigenvalue weighted by Gasteiger charge is -2.24. The summed E-state index contributed by atoms with van der Waals surface area (Å²) >= 11 is 0. The molecule has 1 fully saturated rings. The first-order valence-corrected chi connectivity index (χ1v) is 12.6. The monoisotopic (exact) mass is 468 g/mol. The molecule has 1 N–H and O–H groups in total. The van der Waals surface area contributed by atoms with E-state index in [9.17, 15) is 4.39 Å². The highest BCUT2D eigenvalue weighted by atomic mass is 19.1. The zero-order valence-electron chi connectivity index (χ0n) is 20.8. The molecule has 1 aromatic heterocycles. The van der Waals surface area contributed by atoms with E-state index in [1.165, 1.54) is 42.5 Å². The highest BCUT2D eigenvalue weighted by Gasteiger charge is 2.17. The van der Waals surface area contributed by atoms with Crippen molar-refractivity contribution in [1.29, 1.82) is 0 Å². The molecule has 1 aliphatic rings. The van der Waals surface area contributed by atoms with Crippen molar-refractivity contribution in [2.75, 3.05) is 13.2 Å². The molecule has 1 saturated heterocycles. The minimum Gasteiger partial charge on any atom is -0.492 e. The van der Waals surface area contributed by atoms with E-state index in [0.717, 1.165) is 57.4 Å². The number of piperidine rings is 1. The minimum atomic E-state index is -0.230. The third-order valence-corrected chi connectivity index (χ3v) is 6.98. The number of aryl methyl sites for hydroxylation is 3. The molecule has 2 heterocycles. The highest BCUT2D eigenvalue weighted by molar-refractivity contribution is 5.96. The Labute approximate surface area is 207 Å². The number of benzene rings is 3. The van der Waals surface area contributed by atoms with Crippen LogP contribution in [0.3, 0.4) is 0 Å². The average Bonchev–Trinajstić information content (AvgIpc) is 2.84. The Hall–Kier alpha value is -3.24. The molecule has 3 nitrogen and oxygen atoms in total. The Bertz CT molecular complexity index is 1320. The SMILES string of the molecule is Cc1cc(C)cc(-c2cnc3cc(C)c(-c4ccc(F)cc4)cc3c2OCCC2CCCCN2)c1. The lowest BCUT2D eigenvalue weighted by Crippen LogP contribution is -2.35. The number of pyridine rings is 1. The van der Waals surface area contributed by atoms with Gasteiger partial charge in [-0.25, -0.2) is 4.39 Å². The van der Waals surface area contributed by atoms with Crippen LogP contribution in [0.15, 0.2) is 60.8 Å². The molecule has 35 heavy (non-hydrogen) atoms. The zero-order valence-corrected chi connectivity index (χ0v) is 20.8. The normalized spacial score (nSPS) is 15.9. The molecule has 0 radical (unpaired) electrons. The lowest BCUT2D eigenvalue weighted by atomic mass is 9.95. The first-order valence-electron chi connectivity index (χ1n) is 12.6. The van der Waals surface area contributed by atoms with E-state index >= 15 is 0 Å². The first-order chi connectivity index (χ1) is 17.0. The van der Waals surface area contributed by atoms with Crippen LogP contribution in [0, 0.1) is 26.6 Å². The molecule has 0 saturated carbocycles. The Morgan fingerprint density at radius 2 is 1.69 bits per heavy atom. The standard InChI is InChI=1S/C31H33FN2O/c1-20-14-21(2)16-24(15-20)29-19-34-30-17-22(3)27(23-7-9-25(32)10-8-23)18-28(30)31(29)35-13-11-26-6-4-5-12-33-26/h7-10,14-19,26,33H,4-6,11-13H2,1-3H3. The summed E-state index contributed by atoms with van der Waals surface area (Å²) < 4.78 is 20.2. The maximum atomic E-state index is 13.6. The van der Waals surface area contributed by atoms with Gasteiger partial charge in [-0.3, -0.25) is 4.98 Å². The van der Waals surface area contributed by atoms with Crippen molar-refractivity contribution in [3.63, 3.8) is 0 Å².